The Kier molecular flexibility index (Phi) is 7.55. The van der Waals surface area contributed by atoms with Crippen LogP contribution >= 0.6 is 0 Å². The maximum Gasteiger partial charge on any atom is 0.412 e. The van der Waals surface area contributed by atoms with Gasteiger partial charge in [-0.3, -0.25) is 14.4 Å². The zero-order chi connectivity index (χ0) is 26.9. The largest absolute Gasteiger partial charge is 0.484 e. The molecule has 0 saturated carbocycles. The molecule has 0 saturated heterocycles. The van der Waals surface area contributed by atoms with Crippen LogP contribution in [0.2, 0.25) is 0 Å². The lowest BCUT2D eigenvalue weighted by Gasteiger charge is -2.35. The molecule has 1 heterocycles. The third-order valence-corrected chi connectivity index (χ3v) is 7.82. The molecule has 0 radical (unpaired) electrons. The number of anilines is 2. The number of hydrogen-bond donors (Lipinski definition) is 2. The zero-order valence-electron chi connectivity index (χ0n) is 20.6. The molecule has 36 heavy (non-hydrogen) atoms. The highest BCUT2D eigenvalue weighted by molar-refractivity contribution is 7.93. The molecular weight excluding hydrogens is 510 g/mol. The van der Waals surface area contributed by atoms with E-state index < -0.39 is 37.7 Å². The number of hydrogen-bond acceptors (Lipinski definition) is 8. The van der Waals surface area contributed by atoms with Gasteiger partial charge < -0.3 is 14.8 Å². The number of sulfone groups is 1. The van der Waals surface area contributed by atoms with E-state index in [0.29, 0.717) is 0 Å². The van der Waals surface area contributed by atoms with Gasteiger partial charge in [0.25, 0.3) is 10.0 Å². The summed E-state index contributed by atoms with van der Waals surface area (Å²) in [7, 11) is -7.93. The highest BCUT2D eigenvalue weighted by atomic mass is 32.2. The van der Waals surface area contributed by atoms with Gasteiger partial charge >= 0.3 is 6.09 Å². The van der Waals surface area contributed by atoms with Crippen LogP contribution in [0.1, 0.15) is 27.7 Å². The number of sulfonamides is 1. The monoisotopic (exact) mass is 539 g/mol. The lowest BCUT2D eigenvalue weighted by molar-refractivity contribution is -0.119. The number of rotatable bonds is 6. The molecule has 13 heteroatoms. The van der Waals surface area contributed by atoms with Gasteiger partial charge in [0.2, 0.25) is 5.91 Å². The third-order valence-electron chi connectivity index (χ3n) is 4.94. The highest BCUT2D eigenvalue weighted by Crippen LogP contribution is 2.39. The van der Waals surface area contributed by atoms with Gasteiger partial charge in [0.15, 0.2) is 9.84 Å². The molecule has 0 aliphatic carbocycles. The Morgan fingerprint density at radius 2 is 1.75 bits per heavy atom. The molecule has 0 bridgehead atoms. The van der Waals surface area contributed by atoms with Gasteiger partial charge in [-0.1, -0.05) is 6.07 Å². The Bertz CT molecular complexity index is 1380. The smallest absolute Gasteiger partial charge is 0.412 e. The normalized spacial score (nSPS) is 15.9. The first-order valence-electron chi connectivity index (χ1n) is 10.9. The van der Waals surface area contributed by atoms with Crippen LogP contribution in [0.3, 0.4) is 0 Å². The summed E-state index contributed by atoms with van der Waals surface area (Å²) in [5.74, 6) is -0.106. The van der Waals surface area contributed by atoms with Crippen LogP contribution in [0.5, 0.6) is 5.75 Å². The summed E-state index contributed by atoms with van der Waals surface area (Å²) in [6.07, 6.45) is -0.460. The van der Waals surface area contributed by atoms with E-state index >= 15 is 0 Å². The van der Waals surface area contributed by atoms with Gasteiger partial charge in [-0.05, 0) is 57.2 Å². The fourth-order valence-electron chi connectivity index (χ4n) is 3.40. The van der Waals surface area contributed by atoms with Gasteiger partial charge in [0.05, 0.1) is 28.6 Å². The molecule has 11 nitrogen and oxygen atoms in total. The van der Waals surface area contributed by atoms with Crippen LogP contribution in [0.15, 0.2) is 52.3 Å². The van der Waals surface area contributed by atoms with Crippen molar-refractivity contribution in [1.82, 2.24) is 5.32 Å². The molecule has 2 amide bonds. The summed E-state index contributed by atoms with van der Waals surface area (Å²) in [5, 5.41) is 5.17. The van der Waals surface area contributed by atoms with Gasteiger partial charge in [0, 0.05) is 18.9 Å². The van der Waals surface area contributed by atoms with Crippen LogP contribution in [0, 0.1) is 0 Å². The van der Waals surface area contributed by atoms with Crippen molar-refractivity contribution in [1.29, 1.82) is 0 Å². The van der Waals surface area contributed by atoms with E-state index in [1.165, 1.54) is 43.3 Å². The first kappa shape index (κ1) is 27.3. The number of carbonyl (C=O) groups excluding carboxylic acids is 2. The maximum absolute atomic E-state index is 13.7. The number of nitrogens with one attached hydrogen (secondary N) is 2. The Morgan fingerprint density at radius 3 is 2.36 bits per heavy atom. The van der Waals surface area contributed by atoms with E-state index in [4.69, 9.17) is 9.47 Å². The zero-order valence-corrected chi connectivity index (χ0v) is 22.2. The minimum Gasteiger partial charge on any atom is -0.484 e. The molecule has 0 fully saturated rings. The minimum absolute atomic E-state index is 0.0437. The Balaban J connectivity index is 2.04. The van der Waals surface area contributed by atoms with Gasteiger partial charge in [-0.15, -0.1) is 0 Å². The predicted molar refractivity (Wildman–Crippen MR) is 133 cm³/mol. The van der Waals surface area contributed by atoms with E-state index in [1.807, 2.05) is 0 Å². The lowest BCUT2D eigenvalue weighted by atomic mass is 10.2. The molecular formula is C23H29N3O8S2. The average Bonchev–Trinajstić information content (AvgIpc) is 2.75. The van der Waals surface area contributed by atoms with Crippen molar-refractivity contribution in [3.8, 4) is 5.75 Å². The second-order valence-corrected chi connectivity index (χ2v) is 13.1. The summed E-state index contributed by atoms with van der Waals surface area (Å²) >= 11 is 0. The van der Waals surface area contributed by atoms with Crippen molar-refractivity contribution in [3.63, 3.8) is 0 Å². The summed E-state index contributed by atoms with van der Waals surface area (Å²) in [4.78, 5) is 23.3. The first-order chi connectivity index (χ1) is 16.6. The Hall–Kier alpha value is -3.32. The average molecular weight is 540 g/mol. The summed E-state index contributed by atoms with van der Waals surface area (Å²) < 4.78 is 63.7. The Labute approximate surface area is 210 Å². The first-order valence-corrected chi connectivity index (χ1v) is 14.3. The Morgan fingerprint density at radius 1 is 1.08 bits per heavy atom. The number of nitrogens with zero attached hydrogens (tertiary/aromatic N) is 1. The van der Waals surface area contributed by atoms with Gasteiger partial charge in [-0.2, -0.15) is 0 Å². The van der Waals surface area contributed by atoms with Crippen molar-refractivity contribution >= 4 is 43.2 Å². The molecule has 2 aromatic rings. The molecule has 0 unspecified atom stereocenters. The molecule has 2 aromatic carbocycles. The van der Waals surface area contributed by atoms with E-state index in [0.717, 1.165) is 16.6 Å². The van der Waals surface area contributed by atoms with Crippen LogP contribution in [-0.4, -0.2) is 59.9 Å². The number of carbonyl (C=O) groups is 2. The van der Waals surface area contributed by atoms with E-state index in [-0.39, 0.29) is 45.9 Å². The topological polar surface area (TPSA) is 148 Å². The standard InChI is InChI=1S/C23H29N3O8S2/c1-15(27)24-13-17-14-26(36(31,32)19-8-6-7-18(12-19)35(5,29)30)20-11-16(9-10-21(20)33-17)25-22(28)34-23(2,3)4/h6-12,17H,13-14H2,1-5H3,(H,24,27)(H,25,28)/t17-/m0/s1. The van der Waals surface area contributed by atoms with E-state index in [2.05, 4.69) is 10.6 Å². The predicted octanol–water partition coefficient (Wildman–Crippen LogP) is 2.53. The molecule has 1 aliphatic rings. The summed E-state index contributed by atoms with van der Waals surface area (Å²) in [6, 6.07) is 9.49. The lowest BCUT2D eigenvalue weighted by Crippen LogP contribution is -2.48. The minimum atomic E-state index is -4.27. The fraction of sp³-hybridized carbons (Fsp3) is 0.391. The van der Waals surface area contributed by atoms with E-state index in [1.54, 1.807) is 20.8 Å². The number of ether oxygens (including phenoxy) is 2. The van der Waals surface area contributed by atoms with Crippen LogP contribution in [0.25, 0.3) is 0 Å². The van der Waals surface area contributed by atoms with Gasteiger partial charge in [0.1, 0.15) is 17.5 Å². The van der Waals surface area contributed by atoms with Crippen molar-refractivity contribution in [3.05, 3.63) is 42.5 Å². The number of benzene rings is 2. The fourth-order valence-corrected chi connectivity index (χ4v) is 5.68. The van der Waals surface area contributed by atoms with Crippen molar-refractivity contribution < 1.29 is 35.9 Å². The van der Waals surface area contributed by atoms with E-state index in [9.17, 15) is 26.4 Å². The van der Waals surface area contributed by atoms with Crippen molar-refractivity contribution in [2.45, 2.75) is 49.2 Å². The van der Waals surface area contributed by atoms with Crippen LogP contribution in [0.4, 0.5) is 16.2 Å². The second kappa shape index (κ2) is 9.97. The van der Waals surface area contributed by atoms with Crippen molar-refractivity contribution in [2.24, 2.45) is 0 Å². The molecule has 0 aromatic heterocycles. The summed E-state index contributed by atoms with van der Waals surface area (Å²) in [5.41, 5.74) is -0.345. The highest BCUT2D eigenvalue weighted by Gasteiger charge is 2.35. The quantitative estimate of drug-likeness (QED) is 0.569. The molecule has 1 atom stereocenters. The second-order valence-electron chi connectivity index (χ2n) is 9.27. The number of amides is 2. The van der Waals surface area contributed by atoms with Crippen LogP contribution in [-0.2, 0) is 29.4 Å². The van der Waals surface area contributed by atoms with Gasteiger partial charge in [-0.25, -0.2) is 21.6 Å². The summed E-state index contributed by atoms with van der Waals surface area (Å²) in [6.45, 7) is 6.33. The molecule has 1 aliphatic heterocycles. The maximum atomic E-state index is 13.7. The third kappa shape index (κ3) is 6.66. The molecule has 0 spiro atoms. The van der Waals surface area contributed by atoms with Crippen LogP contribution < -0.4 is 19.7 Å². The molecule has 3 rings (SSSR count). The SMILES string of the molecule is CC(=O)NC[C@H]1CN(S(=O)(=O)c2cccc(S(C)(=O)=O)c2)c2cc(NC(=O)OC(C)(C)C)ccc2O1. The molecule has 2 N–H and O–H groups in total. The van der Waals surface area contributed by atoms with Crippen molar-refractivity contribution in [2.75, 3.05) is 29.0 Å². The number of fused-ring (bicyclic) bond motifs is 1. The molecule has 196 valence electrons.